The van der Waals surface area contributed by atoms with Crippen molar-refractivity contribution in [1.29, 1.82) is 0 Å². The van der Waals surface area contributed by atoms with Crippen LogP contribution in [-0.4, -0.2) is 27.7 Å². The smallest absolute Gasteiger partial charge is 0.247 e. The molecular formula is C28H33N3O2S. The van der Waals surface area contributed by atoms with Gasteiger partial charge < -0.3 is 10.2 Å². The van der Waals surface area contributed by atoms with E-state index in [9.17, 15) is 9.59 Å². The van der Waals surface area contributed by atoms with Crippen molar-refractivity contribution >= 4 is 23.2 Å². The van der Waals surface area contributed by atoms with Crippen LogP contribution >= 0.6 is 11.3 Å². The molecule has 0 spiro atoms. The molecule has 4 rings (SSSR count). The molecule has 0 saturated heterocycles. The predicted molar refractivity (Wildman–Crippen MR) is 136 cm³/mol. The van der Waals surface area contributed by atoms with Crippen LogP contribution in [0.25, 0.3) is 0 Å². The molecule has 1 aliphatic carbocycles. The molecule has 2 heterocycles. The quantitative estimate of drug-likeness (QED) is 0.466. The second kappa shape index (κ2) is 11.4. The number of thiophene rings is 1. The Hall–Kier alpha value is -2.99. The monoisotopic (exact) mass is 475 g/mol. The molecule has 1 atom stereocenters. The van der Waals surface area contributed by atoms with E-state index in [4.69, 9.17) is 0 Å². The Morgan fingerprint density at radius 1 is 1.06 bits per heavy atom. The third-order valence-corrected chi connectivity index (χ3v) is 7.56. The van der Waals surface area contributed by atoms with Crippen LogP contribution in [0.1, 0.15) is 65.3 Å². The first kappa shape index (κ1) is 24.1. The number of rotatable bonds is 8. The molecule has 0 radical (unpaired) electrons. The number of aryl methyl sites for hydroxylation is 2. The number of nitrogens with one attached hydrogen (secondary N) is 1. The molecule has 6 heteroatoms. The van der Waals surface area contributed by atoms with Crippen molar-refractivity contribution in [2.75, 3.05) is 0 Å². The summed E-state index contributed by atoms with van der Waals surface area (Å²) in [5, 5.41) is 5.31. The highest BCUT2D eigenvalue weighted by atomic mass is 32.1. The zero-order chi connectivity index (χ0) is 23.9. The van der Waals surface area contributed by atoms with Gasteiger partial charge in [-0.15, -0.1) is 11.3 Å². The molecule has 1 aromatic carbocycles. The number of carbonyl (C=O) groups excluding carboxylic acids is 2. The maximum absolute atomic E-state index is 13.8. The molecule has 1 N–H and O–H groups in total. The van der Waals surface area contributed by atoms with Crippen LogP contribution in [0.4, 0.5) is 0 Å². The lowest BCUT2D eigenvalue weighted by Gasteiger charge is -2.34. The SMILES string of the molecule is Cc1cnccc1CC(=O)N(Cc1cccs1)C(C(=O)NC1CCCCC1)c1ccccc1C. The number of carbonyl (C=O) groups is 2. The Kier molecular flexibility index (Phi) is 8.12. The van der Waals surface area contributed by atoms with Gasteiger partial charge in [-0.2, -0.15) is 0 Å². The lowest BCUT2D eigenvalue weighted by molar-refractivity contribution is -0.141. The molecule has 2 aromatic heterocycles. The third-order valence-electron chi connectivity index (χ3n) is 6.70. The van der Waals surface area contributed by atoms with Crippen molar-refractivity contribution in [3.8, 4) is 0 Å². The van der Waals surface area contributed by atoms with Crippen molar-refractivity contribution in [2.45, 2.75) is 71.0 Å². The summed E-state index contributed by atoms with van der Waals surface area (Å²) in [7, 11) is 0. The summed E-state index contributed by atoms with van der Waals surface area (Å²) in [6, 6.07) is 13.3. The van der Waals surface area contributed by atoms with E-state index in [1.54, 1.807) is 28.6 Å². The van der Waals surface area contributed by atoms with Crippen LogP contribution in [0.3, 0.4) is 0 Å². The van der Waals surface area contributed by atoms with Crippen LogP contribution in [0, 0.1) is 13.8 Å². The molecule has 34 heavy (non-hydrogen) atoms. The minimum Gasteiger partial charge on any atom is -0.351 e. The summed E-state index contributed by atoms with van der Waals surface area (Å²) < 4.78 is 0. The minimum absolute atomic E-state index is 0.0604. The number of pyridine rings is 1. The second-order valence-electron chi connectivity index (χ2n) is 9.18. The molecule has 5 nitrogen and oxygen atoms in total. The maximum atomic E-state index is 13.8. The predicted octanol–water partition coefficient (Wildman–Crippen LogP) is 5.52. The molecule has 1 unspecified atom stereocenters. The van der Waals surface area contributed by atoms with E-state index in [0.29, 0.717) is 6.54 Å². The van der Waals surface area contributed by atoms with Crippen LogP contribution in [0.2, 0.25) is 0 Å². The zero-order valence-corrected chi connectivity index (χ0v) is 20.8. The molecule has 0 bridgehead atoms. The molecule has 1 aliphatic rings. The minimum atomic E-state index is -0.681. The Morgan fingerprint density at radius 3 is 2.56 bits per heavy atom. The lowest BCUT2D eigenvalue weighted by atomic mass is 9.93. The van der Waals surface area contributed by atoms with Crippen LogP contribution < -0.4 is 5.32 Å². The highest BCUT2D eigenvalue weighted by Gasteiger charge is 2.34. The Bertz CT molecular complexity index is 1110. The number of benzene rings is 1. The summed E-state index contributed by atoms with van der Waals surface area (Å²) in [4.78, 5) is 34.7. The molecule has 1 saturated carbocycles. The van der Waals surface area contributed by atoms with E-state index in [1.165, 1.54) is 6.42 Å². The first-order valence-corrected chi connectivity index (χ1v) is 13.0. The second-order valence-corrected chi connectivity index (χ2v) is 10.2. The topological polar surface area (TPSA) is 62.3 Å². The third kappa shape index (κ3) is 5.92. The van der Waals surface area contributed by atoms with E-state index >= 15 is 0 Å². The summed E-state index contributed by atoms with van der Waals surface area (Å²) in [6.45, 7) is 4.38. The Morgan fingerprint density at radius 2 is 1.85 bits per heavy atom. The average molecular weight is 476 g/mol. The van der Waals surface area contributed by atoms with Gasteiger partial charge in [0, 0.05) is 23.3 Å². The van der Waals surface area contributed by atoms with Gasteiger partial charge in [0.25, 0.3) is 0 Å². The van der Waals surface area contributed by atoms with Crippen molar-refractivity contribution in [3.63, 3.8) is 0 Å². The molecule has 3 aromatic rings. The first-order chi connectivity index (χ1) is 16.5. The maximum Gasteiger partial charge on any atom is 0.247 e. The van der Waals surface area contributed by atoms with E-state index in [0.717, 1.165) is 52.8 Å². The largest absolute Gasteiger partial charge is 0.351 e. The Labute approximate surface area is 206 Å². The van der Waals surface area contributed by atoms with Crippen molar-refractivity contribution in [1.82, 2.24) is 15.2 Å². The number of amides is 2. The van der Waals surface area contributed by atoms with Crippen molar-refractivity contribution in [2.24, 2.45) is 0 Å². The van der Waals surface area contributed by atoms with Gasteiger partial charge >= 0.3 is 0 Å². The van der Waals surface area contributed by atoms with Crippen LogP contribution in [0.5, 0.6) is 0 Å². The van der Waals surface area contributed by atoms with Gasteiger partial charge in [-0.05, 0) is 66.5 Å². The highest BCUT2D eigenvalue weighted by Crippen LogP contribution is 2.29. The summed E-state index contributed by atoms with van der Waals surface area (Å²) >= 11 is 1.61. The van der Waals surface area contributed by atoms with E-state index in [2.05, 4.69) is 10.3 Å². The van der Waals surface area contributed by atoms with Gasteiger partial charge in [-0.25, -0.2) is 0 Å². The van der Waals surface area contributed by atoms with Gasteiger partial charge in [-0.3, -0.25) is 14.6 Å². The number of aromatic nitrogens is 1. The zero-order valence-electron chi connectivity index (χ0n) is 20.0. The molecule has 0 aliphatic heterocycles. The van der Waals surface area contributed by atoms with Gasteiger partial charge in [0.15, 0.2) is 0 Å². The van der Waals surface area contributed by atoms with E-state index in [1.807, 2.05) is 61.7 Å². The van der Waals surface area contributed by atoms with Gasteiger partial charge in [0.2, 0.25) is 11.8 Å². The normalized spacial score (nSPS) is 15.0. The summed E-state index contributed by atoms with van der Waals surface area (Å²) in [5.74, 6) is -0.146. The standard InChI is InChI=1S/C28H33N3O2S/c1-20-9-6-7-13-25(20)27(28(33)30-23-10-4-3-5-11-23)31(19-24-12-8-16-34-24)26(32)17-22-14-15-29-18-21(22)2/h6-9,12-16,18,23,27H,3-5,10-11,17,19H2,1-2H3,(H,30,33). The summed E-state index contributed by atoms with van der Waals surface area (Å²) in [6.07, 6.45) is 9.23. The highest BCUT2D eigenvalue weighted by molar-refractivity contribution is 7.09. The molecule has 178 valence electrons. The van der Waals surface area contributed by atoms with Gasteiger partial charge in [-0.1, -0.05) is 49.6 Å². The van der Waals surface area contributed by atoms with Gasteiger partial charge in [0.1, 0.15) is 6.04 Å². The first-order valence-electron chi connectivity index (χ1n) is 12.1. The number of hydrogen-bond acceptors (Lipinski definition) is 4. The number of hydrogen-bond donors (Lipinski definition) is 1. The molecule has 1 fully saturated rings. The molecular weight excluding hydrogens is 442 g/mol. The van der Waals surface area contributed by atoms with Crippen molar-refractivity contribution in [3.05, 3.63) is 87.4 Å². The van der Waals surface area contributed by atoms with Crippen LogP contribution in [-0.2, 0) is 22.6 Å². The average Bonchev–Trinajstić information content (AvgIpc) is 3.35. The fourth-order valence-electron chi connectivity index (χ4n) is 4.73. The number of nitrogens with zero attached hydrogens (tertiary/aromatic N) is 2. The lowest BCUT2D eigenvalue weighted by Crippen LogP contribution is -2.47. The van der Waals surface area contributed by atoms with E-state index in [-0.39, 0.29) is 24.3 Å². The Balaban J connectivity index is 1.70. The fraction of sp³-hybridized carbons (Fsp3) is 0.393. The van der Waals surface area contributed by atoms with Crippen LogP contribution in [0.15, 0.2) is 60.2 Å². The van der Waals surface area contributed by atoms with Gasteiger partial charge in [0.05, 0.1) is 13.0 Å². The van der Waals surface area contributed by atoms with E-state index < -0.39 is 6.04 Å². The van der Waals surface area contributed by atoms with Crippen molar-refractivity contribution < 1.29 is 9.59 Å². The summed E-state index contributed by atoms with van der Waals surface area (Å²) in [5.41, 5.74) is 3.81. The molecule has 2 amide bonds. The fourth-order valence-corrected chi connectivity index (χ4v) is 5.43.